The van der Waals surface area contributed by atoms with E-state index in [0.29, 0.717) is 5.56 Å². The lowest BCUT2D eigenvalue weighted by Crippen LogP contribution is -2.14. The lowest BCUT2D eigenvalue weighted by molar-refractivity contribution is -0.385. The first-order valence-corrected chi connectivity index (χ1v) is 7.94. The fourth-order valence-corrected chi connectivity index (χ4v) is 3.29. The number of nitro benzene ring substituents is 1. The lowest BCUT2D eigenvalue weighted by Gasteiger charge is -2.11. The van der Waals surface area contributed by atoms with E-state index in [1.165, 1.54) is 19.1 Å². The second-order valence-electron chi connectivity index (χ2n) is 4.85. The summed E-state index contributed by atoms with van der Waals surface area (Å²) >= 11 is 0. The highest BCUT2D eigenvalue weighted by atomic mass is 32.2. The number of carboxylic acid groups (broad SMARTS) is 1. The molecule has 2 rings (SSSR count). The molecule has 0 aliphatic carbocycles. The number of benzene rings is 2. The topological polar surface area (TPSA) is 147 Å². The van der Waals surface area contributed by atoms with Crippen LogP contribution in [0.3, 0.4) is 0 Å². The Hall–Kier alpha value is -3.14. The monoisotopic (exact) mass is 352 g/mol. The van der Waals surface area contributed by atoms with Crippen LogP contribution in [-0.2, 0) is 10.0 Å². The molecule has 0 aliphatic heterocycles. The maximum Gasteiger partial charge on any atom is 0.339 e. The largest absolute Gasteiger partial charge is 0.507 e. The number of non-ortho nitro benzene ring substituents is 1. The number of hydrogen-bond acceptors (Lipinski definition) is 6. The van der Waals surface area contributed by atoms with E-state index in [2.05, 4.69) is 4.72 Å². The summed E-state index contributed by atoms with van der Waals surface area (Å²) in [5.74, 6) is -1.98. The fourth-order valence-electron chi connectivity index (χ4n) is 1.98. The minimum Gasteiger partial charge on any atom is -0.507 e. The maximum absolute atomic E-state index is 12.4. The van der Waals surface area contributed by atoms with E-state index < -0.39 is 26.7 Å². The Morgan fingerprint density at radius 2 is 1.88 bits per heavy atom. The van der Waals surface area contributed by atoms with Crippen LogP contribution in [0, 0.1) is 17.0 Å². The molecule has 0 atom stereocenters. The smallest absolute Gasteiger partial charge is 0.339 e. The Morgan fingerprint density at radius 1 is 1.21 bits per heavy atom. The number of aryl methyl sites for hydroxylation is 1. The van der Waals surface area contributed by atoms with Gasteiger partial charge in [0.05, 0.1) is 15.5 Å². The molecular formula is C14H12N2O7S. The quantitative estimate of drug-likeness (QED) is 0.551. The summed E-state index contributed by atoms with van der Waals surface area (Å²) in [6.45, 7) is 1.48. The molecule has 0 bridgehead atoms. The summed E-state index contributed by atoms with van der Waals surface area (Å²) in [5.41, 5.74) is -0.558. The van der Waals surface area contributed by atoms with Crippen molar-refractivity contribution in [3.63, 3.8) is 0 Å². The third-order valence-electron chi connectivity index (χ3n) is 3.15. The standard InChI is InChI=1S/C14H12N2O7S/c1-8-2-4-10(16(20)21)7-13(8)24(22,23)15-9-3-5-11(14(18)19)12(17)6-9/h2-7,15,17H,1H3,(H,18,19). The number of sulfonamides is 1. The van der Waals surface area contributed by atoms with Crippen molar-refractivity contribution in [3.8, 4) is 5.75 Å². The van der Waals surface area contributed by atoms with E-state index in [9.17, 15) is 28.4 Å². The van der Waals surface area contributed by atoms with E-state index in [4.69, 9.17) is 5.11 Å². The van der Waals surface area contributed by atoms with Crippen LogP contribution in [0.25, 0.3) is 0 Å². The van der Waals surface area contributed by atoms with Gasteiger partial charge in [0.15, 0.2) is 0 Å². The zero-order valence-electron chi connectivity index (χ0n) is 12.3. The summed E-state index contributed by atoms with van der Waals surface area (Å²) in [7, 11) is -4.16. The summed E-state index contributed by atoms with van der Waals surface area (Å²) in [6, 6.07) is 6.54. The molecule has 0 unspecified atom stereocenters. The molecule has 10 heteroatoms. The molecule has 126 valence electrons. The van der Waals surface area contributed by atoms with Gasteiger partial charge in [-0.15, -0.1) is 0 Å². The first kappa shape index (κ1) is 17.2. The Kier molecular flexibility index (Phi) is 4.42. The minimum absolute atomic E-state index is 0.0802. The number of nitro groups is 1. The molecule has 2 aromatic rings. The molecular weight excluding hydrogens is 340 g/mol. The number of hydrogen-bond donors (Lipinski definition) is 3. The fraction of sp³-hybridized carbons (Fsp3) is 0.0714. The molecule has 0 aromatic heterocycles. The number of phenols is 1. The number of carboxylic acids is 1. The predicted octanol–water partition coefficient (Wildman–Crippen LogP) is 2.11. The minimum atomic E-state index is -4.16. The van der Waals surface area contributed by atoms with Crippen molar-refractivity contribution in [2.45, 2.75) is 11.8 Å². The molecule has 0 aliphatic rings. The Bertz CT molecular complexity index is 938. The number of carbonyl (C=O) groups is 1. The number of rotatable bonds is 5. The first-order valence-electron chi connectivity index (χ1n) is 6.46. The van der Waals surface area contributed by atoms with Gasteiger partial charge in [0.25, 0.3) is 15.7 Å². The Labute approximate surface area is 136 Å². The van der Waals surface area contributed by atoms with Crippen molar-refractivity contribution in [1.82, 2.24) is 0 Å². The SMILES string of the molecule is Cc1ccc([N+](=O)[O-])cc1S(=O)(=O)Nc1ccc(C(=O)O)c(O)c1. The van der Waals surface area contributed by atoms with Crippen LogP contribution >= 0.6 is 0 Å². The van der Waals surface area contributed by atoms with E-state index in [-0.39, 0.29) is 21.8 Å². The van der Waals surface area contributed by atoms with Gasteiger partial charge in [-0.1, -0.05) is 6.07 Å². The molecule has 0 saturated heterocycles. The van der Waals surface area contributed by atoms with E-state index in [0.717, 1.165) is 24.3 Å². The van der Waals surface area contributed by atoms with Crippen LogP contribution in [0.2, 0.25) is 0 Å². The molecule has 0 heterocycles. The van der Waals surface area contributed by atoms with Crippen molar-refractivity contribution in [2.24, 2.45) is 0 Å². The number of nitrogens with one attached hydrogen (secondary N) is 1. The number of nitrogens with zero attached hydrogens (tertiary/aromatic N) is 1. The molecule has 0 spiro atoms. The Balaban J connectivity index is 2.42. The number of anilines is 1. The molecule has 2 aromatic carbocycles. The van der Waals surface area contributed by atoms with Crippen LogP contribution in [0.5, 0.6) is 5.75 Å². The number of aromatic carboxylic acids is 1. The van der Waals surface area contributed by atoms with Crippen molar-refractivity contribution < 1.29 is 28.3 Å². The van der Waals surface area contributed by atoms with Crippen molar-refractivity contribution >= 4 is 27.4 Å². The maximum atomic E-state index is 12.4. The molecule has 24 heavy (non-hydrogen) atoms. The molecule has 0 radical (unpaired) electrons. The Morgan fingerprint density at radius 3 is 2.42 bits per heavy atom. The highest BCUT2D eigenvalue weighted by molar-refractivity contribution is 7.92. The molecule has 0 amide bonds. The third-order valence-corrected chi connectivity index (χ3v) is 4.68. The van der Waals surface area contributed by atoms with Gasteiger partial charge in [-0.25, -0.2) is 13.2 Å². The average Bonchev–Trinajstić information content (AvgIpc) is 2.46. The van der Waals surface area contributed by atoms with Crippen LogP contribution in [0.15, 0.2) is 41.3 Å². The van der Waals surface area contributed by atoms with Crippen molar-refractivity contribution in [1.29, 1.82) is 0 Å². The van der Waals surface area contributed by atoms with Crippen molar-refractivity contribution in [3.05, 3.63) is 57.6 Å². The van der Waals surface area contributed by atoms with Gasteiger partial charge < -0.3 is 10.2 Å². The highest BCUT2D eigenvalue weighted by Gasteiger charge is 2.21. The van der Waals surface area contributed by atoms with Crippen LogP contribution in [-0.4, -0.2) is 29.5 Å². The van der Waals surface area contributed by atoms with Gasteiger partial charge in [0, 0.05) is 18.2 Å². The van der Waals surface area contributed by atoms with E-state index in [1.807, 2.05) is 0 Å². The summed E-state index contributed by atoms with van der Waals surface area (Å²) in [6.07, 6.45) is 0. The van der Waals surface area contributed by atoms with Crippen LogP contribution < -0.4 is 4.72 Å². The second-order valence-corrected chi connectivity index (χ2v) is 6.50. The third kappa shape index (κ3) is 3.43. The van der Waals surface area contributed by atoms with Gasteiger partial charge in [-0.05, 0) is 24.6 Å². The lowest BCUT2D eigenvalue weighted by atomic mass is 10.2. The summed E-state index contributed by atoms with van der Waals surface area (Å²) < 4.78 is 26.9. The second kappa shape index (κ2) is 6.16. The first-order chi connectivity index (χ1) is 11.1. The molecule has 0 fully saturated rings. The van der Waals surface area contributed by atoms with Crippen LogP contribution in [0.4, 0.5) is 11.4 Å². The molecule has 9 nitrogen and oxygen atoms in total. The number of aromatic hydroxyl groups is 1. The summed E-state index contributed by atoms with van der Waals surface area (Å²) in [4.78, 5) is 20.6. The van der Waals surface area contributed by atoms with Gasteiger partial charge in [-0.3, -0.25) is 14.8 Å². The zero-order valence-corrected chi connectivity index (χ0v) is 13.1. The van der Waals surface area contributed by atoms with Crippen molar-refractivity contribution in [2.75, 3.05) is 4.72 Å². The normalized spacial score (nSPS) is 11.0. The van der Waals surface area contributed by atoms with E-state index >= 15 is 0 Å². The summed E-state index contributed by atoms with van der Waals surface area (Å²) in [5, 5.41) is 29.2. The van der Waals surface area contributed by atoms with E-state index in [1.54, 1.807) is 0 Å². The van der Waals surface area contributed by atoms with Gasteiger partial charge in [-0.2, -0.15) is 0 Å². The molecule has 3 N–H and O–H groups in total. The molecule has 0 saturated carbocycles. The van der Waals surface area contributed by atoms with Crippen LogP contribution in [0.1, 0.15) is 15.9 Å². The average molecular weight is 352 g/mol. The van der Waals surface area contributed by atoms with Gasteiger partial charge in [0.2, 0.25) is 0 Å². The zero-order chi connectivity index (χ0) is 18.1. The van der Waals surface area contributed by atoms with Gasteiger partial charge >= 0.3 is 5.97 Å². The highest BCUT2D eigenvalue weighted by Crippen LogP contribution is 2.27. The van der Waals surface area contributed by atoms with Gasteiger partial charge in [0.1, 0.15) is 11.3 Å². The predicted molar refractivity (Wildman–Crippen MR) is 83.7 cm³/mol.